The molecule has 1 unspecified atom stereocenters. The van der Waals surface area contributed by atoms with E-state index in [-0.39, 0.29) is 11.7 Å². The van der Waals surface area contributed by atoms with Gasteiger partial charge in [0, 0.05) is 26.4 Å². The minimum atomic E-state index is -0.800. The predicted molar refractivity (Wildman–Crippen MR) is 53.2 cm³/mol. The van der Waals surface area contributed by atoms with Gasteiger partial charge in [0.05, 0.1) is 5.37 Å². The highest BCUT2D eigenvalue weighted by molar-refractivity contribution is 8.00. The second-order valence-corrected chi connectivity index (χ2v) is 4.25. The normalized spacial score (nSPS) is 27.1. The van der Waals surface area contributed by atoms with Crippen LogP contribution in [0.5, 0.6) is 0 Å². The van der Waals surface area contributed by atoms with E-state index in [1.807, 2.05) is 0 Å². The van der Waals surface area contributed by atoms with Gasteiger partial charge in [-0.3, -0.25) is 10.1 Å². The van der Waals surface area contributed by atoms with Crippen LogP contribution in [-0.2, 0) is 14.3 Å². The average molecular weight is 221 g/mol. The molecule has 0 saturated carbocycles. The van der Waals surface area contributed by atoms with Gasteiger partial charge in [-0.1, -0.05) is 0 Å². The van der Waals surface area contributed by atoms with E-state index in [2.05, 4.69) is 5.32 Å². The number of carboxylic acid groups (broad SMARTS) is 1. The Labute approximate surface area is 87.1 Å². The van der Waals surface area contributed by atoms with Gasteiger partial charge in [0.15, 0.2) is 6.29 Å². The number of rotatable bonds is 5. The highest BCUT2D eigenvalue weighted by Crippen LogP contribution is 2.23. The second kappa shape index (κ2) is 5.55. The topological polar surface area (TPSA) is 67.8 Å². The molecule has 6 heteroatoms. The molecule has 1 rings (SSSR count). The van der Waals surface area contributed by atoms with E-state index in [1.54, 1.807) is 26.0 Å². The first-order valence-corrected chi connectivity index (χ1v) is 5.38. The Morgan fingerprint density at radius 1 is 1.64 bits per heavy atom. The Hall–Kier alpha value is -0.300. The molecule has 1 aliphatic heterocycles. The summed E-state index contributed by atoms with van der Waals surface area (Å²) in [6.07, 6.45) is 0.383. The van der Waals surface area contributed by atoms with Crippen LogP contribution >= 0.6 is 11.8 Å². The smallest absolute Gasteiger partial charge is 0.321 e. The van der Waals surface area contributed by atoms with Gasteiger partial charge < -0.3 is 14.6 Å². The van der Waals surface area contributed by atoms with E-state index in [9.17, 15) is 4.79 Å². The molecule has 0 aromatic heterocycles. The van der Waals surface area contributed by atoms with Crippen molar-refractivity contribution in [3.8, 4) is 0 Å². The Morgan fingerprint density at radius 2 is 2.29 bits per heavy atom. The molecule has 0 aromatic rings. The van der Waals surface area contributed by atoms with Gasteiger partial charge >= 0.3 is 5.97 Å². The SMILES string of the molecule is COC(CC1N[C@H](C(=O)O)CS1)OC. The molecular formula is C8H15NO4S. The average Bonchev–Trinajstić information content (AvgIpc) is 2.62. The van der Waals surface area contributed by atoms with Crippen LogP contribution in [0, 0.1) is 0 Å². The zero-order valence-corrected chi connectivity index (χ0v) is 9.04. The molecule has 5 nitrogen and oxygen atoms in total. The molecule has 2 atom stereocenters. The van der Waals surface area contributed by atoms with Crippen LogP contribution in [0.1, 0.15) is 6.42 Å². The van der Waals surface area contributed by atoms with Crippen molar-refractivity contribution < 1.29 is 19.4 Å². The van der Waals surface area contributed by atoms with Crippen molar-refractivity contribution in [3.05, 3.63) is 0 Å². The molecule has 0 amide bonds. The van der Waals surface area contributed by atoms with Crippen molar-refractivity contribution in [2.45, 2.75) is 24.1 Å². The maximum absolute atomic E-state index is 10.6. The van der Waals surface area contributed by atoms with E-state index < -0.39 is 12.0 Å². The second-order valence-electron chi connectivity index (χ2n) is 3.02. The molecule has 1 fully saturated rings. The Kier molecular flexibility index (Phi) is 4.67. The number of aliphatic carboxylic acids is 1. The molecule has 0 aliphatic carbocycles. The standard InChI is InChI=1S/C8H15NO4S/c1-12-7(13-2)3-6-9-5(4-14-6)8(10)11/h5-7,9H,3-4H2,1-2H3,(H,10,11)/t5-,6?/m0/s1. The third kappa shape index (κ3) is 3.13. The number of hydrogen-bond donors (Lipinski definition) is 2. The van der Waals surface area contributed by atoms with Crippen molar-refractivity contribution in [3.63, 3.8) is 0 Å². The highest BCUT2D eigenvalue weighted by atomic mass is 32.2. The first kappa shape index (κ1) is 11.8. The number of methoxy groups -OCH3 is 2. The molecule has 0 radical (unpaired) electrons. The largest absolute Gasteiger partial charge is 0.480 e. The van der Waals surface area contributed by atoms with Gasteiger partial charge in [-0.25, -0.2) is 0 Å². The van der Waals surface area contributed by atoms with E-state index in [0.29, 0.717) is 12.2 Å². The molecule has 2 N–H and O–H groups in total. The lowest BCUT2D eigenvalue weighted by Gasteiger charge is -2.17. The van der Waals surface area contributed by atoms with Crippen molar-refractivity contribution >= 4 is 17.7 Å². The number of carboxylic acids is 1. The van der Waals surface area contributed by atoms with Crippen LogP contribution in [0.2, 0.25) is 0 Å². The molecule has 0 bridgehead atoms. The summed E-state index contributed by atoms with van der Waals surface area (Å²) in [7, 11) is 3.14. The maximum atomic E-state index is 10.6. The van der Waals surface area contributed by atoms with Crippen LogP contribution in [0.25, 0.3) is 0 Å². The minimum absolute atomic E-state index is 0.0981. The predicted octanol–water partition coefficient (Wildman–Crippen LogP) is 0.111. The van der Waals surface area contributed by atoms with Gasteiger partial charge in [-0.15, -0.1) is 11.8 Å². The van der Waals surface area contributed by atoms with Crippen LogP contribution < -0.4 is 5.32 Å². The van der Waals surface area contributed by atoms with Crippen molar-refractivity contribution in [2.75, 3.05) is 20.0 Å². The Morgan fingerprint density at radius 3 is 2.71 bits per heavy atom. The zero-order valence-electron chi connectivity index (χ0n) is 8.23. The highest BCUT2D eigenvalue weighted by Gasteiger charge is 2.30. The Balaban J connectivity index is 2.31. The van der Waals surface area contributed by atoms with Crippen molar-refractivity contribution in [1.29, 1.82) is 0 Å². The van der Waals surface area contributed by atoms with Gasteiger partial charge in [0.1, 0.15) is 6.04 Å². The summed E-state index contributed by atoms with van der Waals surface area (Å²) in [4.78, 5) is 10.6. The van der Waals surface area contributed by atoms with Gasteiger partial charge in [0.2, 0.25) is 0 Å². The lowest BCUT2D eigenvalue weighted by Crippen LogP contribution is -2.38. The van der Waals surface area contributed by atoms with Crippen LogP contribution in [0.3, 0.4) is 0 Å². The minimum Gasteiger partial charge on any atom is -0.480 e. The molecular weight excluding hydrogens is 206 g/mol. The van der Waals surface area contributed by atoms with Crippen molar-refractivity contribution in [2.24, 2.45) is 0 Å². The zero-order chi connectivity index (χ0) is 10.6. The summed E-state index contributed by atoms with van der Waals surface area (Å²) in [6.45, 7) is 0. The first-order valence-electron chi connectivity index (χ1n) is 4.33. The molecule has 0 aromatic carbocycles. The summed E-state index contributed by atoms with van der Waals surface area (Å²) in [5, 5.41) is 11.8. The Bertz CT molecular complexity index is 198. The fraction of sp³-hybridized carbons (Fsp3) is 0.875. The molecule has 1 saturated heterocycles. The number of thioether (sulfide) groups is 1. The number of nitrogens with one attached hydrogen (secondary N) is 1. The van der Waals surface area contributed by atoms with Crippen LogP contribution in [0.15, 0.2) is 0 Å². The fourth-order valence-corrected chi connectivity index (χ4v) is 2.49. The van der Waals surface area contributed by atoms with Gasteiger partial charge in [0.25, 0.3) is 0 Å². The number of carbonyl (C=O) groups is 1. The third-order valence-corrected chi connectivity index (χ3v) is 3.34. The number of ether oxygens (including phenoxy) is 2. The summed E-state index contributed by atoms with van der Waals surface area (Å²) < 4.78 is 10.1. The summed E-state index contributed by atoms with van der Waals surface area (Å²) >= 11 is 1.59. The molecule has 82 valence electrons. The monoisotopic (exact) mass is 221 g/mol. The van der Waals surface area contributed by atoms with E-state index in [0.717, 1.165) is 0 Å². The van der Waals surface area contributed by atoms with Crippen LogP contribution in [-0.4, -0.2) is 48.8 Å². The number of hydrogen-bond acceptors (Lipinski definition) is 5. The molecule has 14 heavy (non-hydrogen) atoms. The van der Waals surface area contributed by atoms with Crippen LogP contribution in [0.4, 0.5) is 0 Å². The van der Waals surface area contributed by atoms with Gasteiger partial charge in [-0.2, -0.15) is 0 Å². The summed E-state index contributed by atoms with van der Waals surface area (Å²) in [5.41, 5.74) is 0. The maximum Gasteiger partial charge on any atom is 0.321 e. The first-order chi connectivity index (χ1) is 6.67. The molecule has 0 spiro atoms. The fourth-order valence-electron chi connectivity index (χ4n) is 1.28. The molecule has 1 heterocycles. The molecule has 1 aliphatic rings. The summed E-state index contributed by atoms with van der Waals surface area (Å²) in [5.74, 6) is -0.202. The van der Waals surface area contributed by atoms with E-state index >= 15 is 0 Å². The third-order valence-electron chi connectivity index (χ3n) is 2.08. The lowest BCUT2D eigenvalue weighted by molar-refractivity contribution is -0.139. The lowest BCUT2D eigenvalue weighted by atomic mass is 10.3. The summed E-state index contributed by atoms with van der Waals surface area (Å²) in [6, 6.07) is -0.445. The quantitative estimate of drug-likeness (QED) is 0.642. The van der Waals surface area contributed by atoms with Gasteiger partial charge in [-0.05, 0) is 0 Å². The van der Waals surface area contributed by atoms with E-state index in [1.165, 1.54) is 0 Å². The van der Waals surface area contributed by atoms with E-state index in [4.69, 9.17) is 14.6 Å². The van der Waals surface area contributed by atoms with Crippen molar-refractivity contribution in [1.82, 2.24) is 5.32 Å².